The van der Waals surface area contributed by atoms with E-state index in [2.05, 4.69) is 5.16 Å². The average molecular weight is 250 g/mol. The molecule has 2 rings (SSSR count). The van der Waals surface area contributed by atoms with Crippen molar-refractivity contribution >= 4 is 17.2 Å². The van der Waals surface area contributed by atoms with Crippen LogP contribution in [0.2, 0.25) is 0 Å². The Morgan fingerprint density at radius 3 is 2.78 bits per heavy atom. The molecule has 0 spiro atoms. The number of nitro benzene ring substituents is 1. The summed E-state index contributed by atoms with van der Waals surface area (Å²) in [5.74, 6) is -0.140. The van der Waals surface area contributed by atoms with E-state index in [1.54, 1.807) is 12.1 Å². The summed E-state index contributed by atoms with van der Waals surface area (Å²) in [4.78, 5) is 12.5. The zero-order chi connectivity index (χ0) is 13.3. The quantitative estimate of drug-likeness (QED) is 0.275. The molecule has 1 aromatic rings. The van der Waals surface area contributed by atoms with Crippen molar-refractivity contribution in [2.75, 3.05) is 11.9 Å². The fourth-order valence-electron chi connectivity index (χ4n) is 1.84. The van der Waals surface area contributed by atoms with Gasteiger partial charge in [0.25, 0.3) is 5.69 Å². The normalized spacial score (nSPS) is 15.5. The molecule has 1 aliphatic carbocycles. The molecule has 0 aromatic heterocycles. The van der Waals surface area contributed by atoms with Gasteiger partial charge >= 0.3 is 0 Å². The standard InChI is InChI=1S/C11H14N4O3/c1-14(8-3-4-8)9-5-2-7(11(12)13-16)6-10(9)15(17)18/h2,5-6,8,16H,3-4H2,1H3,(H2,12,13). The van der Waals surface area contributed by atoms with Gasteiger partial charge in [0, 0.05) is 24.7 Å². The Kier molecular flexibility index (Phi) is 3.05. The monoisotopic (exact) mass is 250 g/mol. The molecule has 7 nitrogen and oxygen atoms in total. The van der Waals surface area contributed by atoms with E-state index < -0.39 is 4.92 Å². The number of nitrogens with zero attached hydrogens (tertiary/aromatic N) is 3. The molecule has 0 bridgehead atoms. The summed E-state index contributed by atoms with van der Waals surface area (Å²) in [6.45, 7) is 0. The Balaban J connectivity index is 2.44. The van der Waals surface area contributed by atoms with Crippen molar-refractivity contribution in [2.24, 2.45) is 10.9 Å². The van der Waals surface area contributed by atoms with Crippen LogP contribution in [0.25, 0.3) is 0 Å². The molecule has 18 heavy (non-hydrogen) atoms. The highest BCUT2D eigenvalue weighted by Crippen LogP contribution is 2.36. The molecule has 0 saturated heterocycles. The van der Waals surface area contributed by atoms with Crippen LogP contribution in [0.4, 0.5) is 11.4 Å². The van der Waals surface area contributed by atoms with E-state index in [0.29, 0.717) is 17.3 Å². The molecule has 1 aromatic carbocycles. The molecule has 0 amide bonds. The van der Waals surface area contributed by atoms with Crippen LogP contribution in [0.15, 0.2) is 23.4 Å². The van der Waals surface area contributed by atoms with Gasteiger partial charge in [0.2, 0.25) is 0 Å². The highest BCUT2D eigenvalue weighted by Gasteiger charge is 2.30. The first-order valence-corrected chi connectivity index (χ1v) is 5.53. The number of amidine groups is 1. The van der Waals surface area contributed by atoms with Crippen LogP contribution in [-0.4, -0.2) is 29.1 Å². The van der Waals surface area contributed by atoms with Gasteiger partial charge in [-0.25, -0.2) is 0 Å². The van der Waals surface area contributed by atoms with Gasteiger partial charge in [-0.3, -0.25) is 10.1 Å². The van der Waals surface area contributed by atoms with Crippen molar-refractivity contribution in [3.63, 3.8) is 0 Å². The van der Waals surface area contributed by atoms with E-state index in [1.807, 2.05) is 11.9 Å². The molecular weight excluding hydrogens is 236 g/mol. The SMILES string of the molecule is CN(c1ccc(C(N)=NO)cc1[N+](=O)[O-])C1CC1. The van der Waals surface area contributed by atoms with Crippen molar-refractivity contribution in [2.45, 2.75) is 18.9 Å². The van der Waals surface area contributed by atoms with E-state index >= 15 is 0 Å². The van der Waals surface area contributed by atoms with Gasteiger partial charge in [-0.2, -0.15) is 0 Å². The molecule has 7 heteroatoms. The summed E-state index contributed by atoms with van der Waals surface area (Å²) in [5.41, 5.74) is 6.28. The lowest BCUT2D eigenvalue weighted by molar-refractivity contribution is -0.384. The Hall–Kier alpha value is -2.31. The summed E-state index contributed by atoms with van der Waals surface area (Å²) in [6.07, 6.45) is 2.10. The van der Waals surface area contributed by atoms with Crippen LogP contribution < -0.4 is 10.6 Å². The molecule has 3 N–H and O–H groups in total. The summed E-state index contributed by atoms with van der Waals surface area (Å²) < 4.78 is 0. The van der Waals surface area contributed by atoms with E-state index in [9.17, 15) is 10.1 Å². The number of anilines is 1. The molecule has 1 saturated carbocycles. The zero-order valence-electron chi connectivity index (χ0n) is 9.91. The number of nitro groups is 1. The first-order valence-electron chi connectivity index (χ1n) is 5.53. The number of hydrogen-bond acceptors (Lipinski definition) is 5. The Labute approximate surface area is 104 Å². The van der Waals surface area contributed by atoms with Crippen molar-refractivity contribution in [1.29, 1.82) is 0 Å². The van der Waals surface area contributed by atoms with Crippen LogP contribution in [0.1, 0.15) is 18.4 Å². The molecule has 0 unspecified atom stereocenters. The van der Waals surface area contributed by atoms with Crippen molar-refractivity contribution in [1.82, 2.24) is 0 Å². The predicted octanol–water partition coefficient (Wildman–Crippen LogP) is 1.29. The molecule has 0 heterocycles. The fourth-order valence-corrected chi connectivity index (χ4v) is 1.84. The maximum absolute atomic E-state index is 11.1. The largest absolute Gasteiger partial charge is 0.409 e. The predicted molar refractivity (Wildman–Crippen MR) is 67.0 cm³/mol. The second-order valence-electron chi connectivity index (χ2n) is 4.29. The molecule has 96 valence electrons. The first-order chi connectivity index (χ1) is 8.54. The molecule has 0 atom stereocenters. The Bertz CT molecular complexity index is 511. The van der Waals surface area contributed by atoms with Gasteiger partial charge in [0.15, 0.2) is 5.84 Å². The number of hydrogen-bond donors (Lipinski definition) is 2. The number of oxime groups is 1. The highest BCUT2D eigenvalue weighted by molar-refractivity contribution is 5.98. The van der Waals surface area contributed by atoms with Crippen molar-refractivity contribution in [3.8, 4) is 0 Å². The maximum Gasteiger partial charge on any atom is 0.293 e. The van der Waals surface area contributed by atoms with E-state index in [0.717, 1.165) is 12.8 Å². The van der Waals surface area contributed by atoms with Gasteiger partial charge in [-0.05, 0) is 25.0 Å². The van der Waals surface area contributed by atoms with Gasteiger partial charge < -0.3 is 15.8 Å². The van der Waals surface area contributed by atoms with Crippen molar-refractivity contribution < 1.29 is 10.1 Å². The molecule has 1 fully saturated rings. The Morgan fingerprint density at radius 2 is 2.28 bits per heavy atom. The minimum atomic E-state index is -0.456. The van der Waals surface area contributed by atoms with Crippen LogP contribution in [-0.2, 0) is 0 Å². The van der Waals surface area contributed by atoms with Crippen LogP contribution in [0.5, 0.6) is 0 Å². The minimum absolute atomic E-state index is 0.0338. The number of benzene rings is 1. The van der Waals surface area contributed by atoms with Crippen LogP contribution in [0, 0.1) is 10.1 Å². The molecule has 1 aliphatic rings. The summed E-state index contributed by atoms with van der Waals surface area (Å²) in [5, 5.41) is 22.5. The molecular formula is C11H14N4O3. The average Bonchev–Trinajstić information content (AvgIpc) is 3.20. The third-order valence-electron chi connectivity index (χ3n) is 3.05. The highest BCUT2D eigenvalue weighted by atomic mass is 16.6. The smallest absolute Gasteiger partial charge is 0.293 e. The van der Waals surface area contributed by atoms with Gasteiger partial charge in [-0.15, -0.1) is 0 Å². The minimum Gasteiger partial charge on any atom is -0.409 e. The molecule has 0 aliphatic heterocycles. The van der Waals surface area contributed by atoms with Crippen LogP contribution in [0.3, 0.4) is 0 Å². The number of rotatable bonds is 4. The fraction of sp³-hybridized carbons (Fsp3) is 0.364. The van der Waals surface area contributed by atoms with Crippen molar-refractivity contribution in [3.05, 3.63) is 33.9 Å². The molecule has 0 radical (unpaired) electrons. The topological polar surface area (TPSA) is 105 Å². The van der Waals surface area contributed by atoms with E-state index in [4.69, 9.17) is 10.9 Å². The maximum atomic E-state index is 11.1. The lowest BCUT2D eigenvalue weighted by Gasteiger charge is -2.18. The second-order valence-corrected chi connectivity index (χ2v) is 4.29. The van der Waals surface area contributed by atoms with E-state index in [-0.39, 0.29) is 11.5 Å². The third kappa shape index (κ3) is 2.20. The van der Waals surface area contributed by atoms with Gasteiger partial charge in [-0.1, -0.05) is 5.16 Å². The summed E-state index contributed by atoms with van der Waals surface area (Å²) >= 11 is 0. The second kappa shape index (κ2) is 4.52. The summed E-state index contributed by atoms with van der Waals surface area (Å²) in [7, 11) is 1.84. The zero-order valence-corrected chi connectivity index (χ0v) is 9.91. The Morgan fingerprint density at radius 1 is 1.61 bits per heavy atom. The third-order valence-corrected chi connectivity index (χ3v) is 3.05. The van der Waals surface area contributed by atoms with Crippen LogP contribution >= 0.6 is 0 Å². The lowest BCUT2D eigenvalue weighted by atomic mass is 10.1. The summed E-state index contributed by atoms with van der Waals surface area (Å²) in [6, 6.07) is 4.93. The van der Waals surface area contributed by atoms with Gasteiger partial charge in [0.1, 0.15) is 5.69 Å². The van der Waals surface area contributed by atoms with E-state index in [1.165, 1.54) is 6.07 Å². The van der Waals surface area contributed by atoms with Gasteiger partial charge in [0.05, 0.1) is 4.92 Å². The lowest BCUT2D eigenvalue weighted by Crippen LogP contribution is -2.21. The first kappa shape index (κ1) is 12.2. The number of nitrogens with two attached hydrogens (primary N) is 1.